The second kappa shape index (κ2) is 9.17. The summed E-state index contributed by atoms with van der Waals surface area (Å²) in [5.41, 5.74) is 0.920. The van der Waals surface area contributed by atoms with Gasteiger partial charge in [-0.15, -0.1) is 17.9 Å². The third-order valence-electron chi connectivity index (χ3n) is 5.04. The molecule has 1 aliphatic heterocycles. The van der Waals surface area contributed by atoms with Crippen LogP contribution in [-0.2, 0) is 21.4 Å². The van der Waals surface area contributed by atoms with E-state index in [4.69, 9.17) is 23.2 Å². The van der Waals surface area contributed by atoms with Crippen LogP contribution in [-0.4, -0.2) is 36.3 Å². The minimum absolute atomic E-state index is 0.109. The number of carbonyl (C=O) groups is 1. The second-order valence-electron chi connectivity index (χ2n) is 7.11. The van der Waals surface area contributed by atoms with Gasteiger partial charge in [0, 0.05) is 24.7 Å². The first-order valence-corrected chi connectivity index (χ1v) is 13.4. The van der Waals surface area contributed by atoms with E-state index in [9.17, 15) is 13.2 Å². The number of piperidine rings is 1. The van der Waals surface area contributed by atoms with E-state index in [1.54, 1.807) is 18.2 Å². The molecular formula is C20H19Cl2N3O3S3. The van der Waals surface area contributed by atoms with E-state index in [0.717, 1.165) is 21.6 Å². The van der Waals surface area contributed by atoms with Crippen LogP contribution in [0.4, 0.5) is 0 Å². The zero-order valence-corrected chi connectivity index (χ0v) is 20.3. The van der Waals surface area contributed by atoms with E-state index in [2.05, 4.69) is 11.6 Å². The molecule has 2 aromatic heterocycles. The van der Waals surface area contributed by atoms with Crippen LogP contribution < -0.4 is 4.80 Å². The first-order chi connectivity index (χ1) is 14.8. The summed E-state index contributed by atoms with van der Waals surface area (Å²) in [4.78, 5) is 17.9. The largest absolute Gasteiger partial charge is 0.313 e. The highest BCUT2D eigenvalue weighted by molar-refractivity contribution is 7.91. The number of sulfonamides is 1. The van der Waals surface area contributed by atoms with Crippen molar-refractivity contribution >= 4 is 72.0 Å². The summed E-state index contributed by atoms with van der Waals surface area (Å²) in [7, 11) is -3.68. The number of thiazole rings is 1. The van der Waals surface area contributed by atoms with Crippen LogP contribution in [0.25, 0.3) is 10.2 Å². The maximum Gasteiger partial charge on any atom is 0.252 e. The van der Waals surface area contributed by atoms with Gasteiger partial charge in [0.15, 0.2) is 4.80 Å². The van der Waals surface area contributed by atoms with Gasteiger partial charge in [-0.3, -0.25) is 4.79 Å². The lowest BCUT2D eigenvalue weighted by molar-refractivity contribution is -0.122. The Labute approximate surface area is 198 Å². The van der Waals surface area contributed by atoms with Crippen molar-refractivity contribution in [2.75, 3.05) is 13.1 Å². The number of benzene rings is 1. The number of rotatable bonds is 5. The van der Waals surface area contributed by atoms with Crippen molar-refractivity contribution in [3.05, 3.63) is 57.1 Å². The van der Waals surface area contributed by atoms with Crippen LogP contribution in [0.1, 0.15) is 12.8 Å². The number of nitrogens with zero attached hydrogens (tertiary/aromatic N) is 3. The molecule has 0 saturated carbocycles. The topological polar surface area (TPSA) is 71.7 Å². The van der Waals surface area contributed by atoms with E-state index >= 15 is 0 Å². The highest BCUT2D eigenvalue weighted by Gasteiger charge is 2.34. The number of halogens is 2. The summed E-state index contributed by atoms with van der Waals surface area (Å²) in [6.07, 6.45) is 2.93. The third kappa shape index (κ3) is 4.67. The van der Waals surface area contributed by atoms with Crippen molar-refractivity contribution in [1.29, 1.82) is 0 Å². The predicted octanol–water partition coefficient (Wildman–Crippen LogP) is 4.79. The first kappa shape index (κ1) is 22.7. The van der Waals surface area contributed by atoms with Gasteiger partial charge in [-0.05, 0) is 43.2 Å². The van der Waals surface area contributed by atoms with Crippen molar-refractivity contribution in [3.63, 3.8) is 0 Å². The van der Waals surface area contributed by atoms with E-state index in [1.807, 2.05) is 16.7 Å². The maximum absolute atomic E-state index is 13.0. The van der Waals surface area contributed by atoms with Crippen molar-refractivity contribution in [2.45, 2.75) is 23.6 Å². The van der Waals surface area contributed by atoms with Crippen molar-refractivity contribution in [3.8, 4) is 0 Å². The molecule has 0 spiro atoms. The van der Waals surface area contributed by atoms with Gasteiger partial charge in [-0.2, -0.15) is 9.30 Å². The fourth-order valence-corrected chi connectivity index (χ4v) is 8.03. The molecule has 0 aliphatic carbocycles. The fourth-order valence-electron chi connectivity index (χ4n) is 3.55. The molecule has 1 aromatic carbocycles. The number of amides is 1. The number of aromatic nitrogens is 1. The molecule has 1 unspecified atom stereocenters. The molecule has 0 N–H and O–H groups in total. The molecule has 1 fully saturated rings. The Hall–Kier alpha value is -1.49. The summed E-state index contributed by atoms with van der Waals surface area (Å²) >= 11 is 14.4. The Balaban J connectivity index is 1.63. The van der Waals surface area contributed by atoms with Gasteiger partial charge in [0.1, 0.15) is 4.21 Å². The van der Waals surface area contributed by atoms with Crippen LogP contribution in [0.3, 0.4) is 0 Å². The predicted molar refractivity (Wildman–Crippen MR) is 126 cm³/mol. The molecule has 31 heavy (non-hydrogen) atoms. The average molecular weight is 516 g/mol. The van der Waals surface area contributed by atoms with Gasteiger partial charge in [-0.1, -0.05) is 40.6 Å². The van der Waals surface area contributed by atoms with Crippen LogP contribution in [0, 0.1) is 5.92 Å². The quantitative estimate of drug-likeness (QED) is 0.458. The Morgan fingerprint density at radius 2 is 2.06 bits per heavy atom. The van der Waals surface area contributed by atoms with Gasteiger partial charge < -0.3 is 4.57 Å². The van der Waals surface area contributed by atoms with Gasteiger partial charge >= 0.3 is 0 Å². The molecule has 1 aliphatic rings. The van der Waals surface area contributed by atoms with Crippen molar-refractivity contribution in [2.24, 2.45) is 10.9 Å². The van der Waals surface area contributed by atoms with E-state index in [0.29, 0.717) is 40.1 Å². The summed E-state index contributed by atoms with van der Waals surface area (Å²) in [5.74, 6) is -0.815. The van der Waals surface area contributed by atoms with Crippen LogP contribution in [0.15, 0.2) is 52.2 Å². The summed E-state index contributed by atoms with van der Waals surface area (Å²) in [6, 6.07) is 8.59. The first-order valence-electron chi connectivity index (χ1n) is 9.53. The zero-order valence-electron chi connectivity index (χ0n) is 16.3. The minimum Gasteiger partial charge on any atom is -0.313 e. The molecule has 0 radical (unpaired) electrons. The molecule has 164 valence electrons. The summed E-state index contributed by atoms with van der Waals surface area (Å²) in [5, 5.41) is 0.610. The number of hydrogen-bond acceptors (Lipinski definition) is 5. The molecule has 3 aromatic rings. The molecule has 0 bridgehead atoms. The average Bonchev–Trinajstić information content (AvgIpc) is 3.32. The molecule has 6 nitrogen and oxygen atoms in total. The van der Waals surface area contributed by atoms with Crippen molar-refractivity contribution in [1.82, 2.24) is 8.87 Å². The lowest BCUT2D eigenvalue weighted by Crippen LogP contribution is -2.42. The number of carbonyl (C=O) groups excluding carboxylic acids is 1. The Morgan fingerprint density at radius 1 is 1.26 bits per heavy atom. The number of hydrogen-bond donors (Lipinski definition) is 0. The standard InChI is InChI=1S/C20H19Cl2N3O3S3/c1-2-9-25-15-6-5-14(21)11-16(15)29-20(25)23-19(26)13-4-3-10-24(12-13)31(27,28)18-8-7-17(22)30-18/h2,5-8,11,13H,1,3-4,9-10,12H2. The number of allylic oxidation sites excluding steroid dienone is 1. The second-order valence-corrected chi connectivity index (χ2v) is 12.4. The molecule has 1 atom stereocenters. The summed E-state index contributed by atoms with van der Waals surface area (Å²) in [6.45, 7) is 4.77. The van der Waals surface area contributed by atoms with Crippen LogP contribution in [0.5, 0.6) is 0 Å². The molecule has 1 saturated heterocycles. The molecular weight excluding hydrogens is 497 g/mol. The van der Waals surface area contributed by atoms with Gasteiger partial charge in [-0.25, -0.2) is 8.42 Å². The summed E-state index contributed by atoms with van der Waals surface area (Å²) < 4.78 is 30.6. The Bertz CT molecular complexity index is 1320. The van der Waals surface area contributed by atoms with E-state index in [-0.39, 0.29) is 16.7 Å². The minimum atomic E-state index is -3.68. The number of fused-ring (bicyclic) bond motifs is 1. The zero-order chi connectivity index (χ0) is 22.2. The monoisotopic (exact) mass is 515 g/mol. The van der Waals surface area contributed by atoms with Crippen LogP contribution in [0.2, 0.25) is 9.36 Å². The Kier molecular flexibility index (Phi) is 6.71. The van der Waals surface area contributed by atoms with Crippen LogP contribution >= 0.6 is 45.9 Å². The Morgan fingerprint density at radius 3 is 2.77 bits per heavy atom. The lowest BCUT2D eigenvalue weighted by atomic mass is 9.99. The number of thiophene rings is 1. The highest BCUT2D eigenvalue weighted by atomic mass is 35.5. The fraction of sp³-hybridized carbons (Fsp3) is 0.300. The van der Waals surface area contributed by atoms with Crippen molar-refractivity contribution < 1.29 is 13.2 Å². The molecule has 3 heterocycles. The lowest BCUT2D eigenvalue weighted by Gasteiger charge is -2.29. The van der Waals surface area contributed by atoms with Gasteiger partial charge in [0.2, 0.25) is 0 Å². The smallest absolute Gasteiger partial charge is 0.252 e. The van der Waals surface area contributed by atoms with Gasteiger partial charge in [0.25, 0.3) is 15.9 Å². The molecule has 1 amide bonds. The highest BCUT2D eigenvalue weighted by Crippen LogP contribution is 2.31. The maximum atomic E-state index is 13.0. The molecule has 11 heteroatoms. The molecule has 4 rings (SSSR count). The third-order valence-corrected chi connectivity index (χ3v) is 9.88. The normalized spacial score (nSPS) is 18.5. The van der Waals surface area contributed by atoms with Gasteiger partial charge in [0.05, 0.1) is 20.5 Å². The van der Waals surface area contributed by atoms with E-state index in [1.165, 1.54) is 21.7 Å². The SMILES string of the molecule is C=CCn1c(=NC(=O)C2CCCN(S(=O)(=O)c3ccc(Cl)s3)C2)sc2cc(Cl)ccc21. The van der Waals surface area contributed by atoms with E-state index < -0.39 is 15.9 Å².